The molecular formula is C12H16BrClN2O3S. The Morgan fingerprint density at radius 2 is 2.00 bits per heavy atom. The van der Waals surface area contributed by atoms with Crippen molar-refractivity contribution < 1.29 is 13.2 Å². The molecule has 0 saturated carbocycles. The van der Waals surface area contributed by atoms with Gasteiger partial charge in [0, 0.05) is 18.1 Å². The predicted molar refractivity (Wildman–Crippen MR) is 82.2 cm³/mol. The lowest BCUT2D eigenvalue weighted by Gasteiger charge is -2.22. The van der Waals surface area contributed by atoms with Crippen molar-refractivity contribution in [2.45, 2.75) is 18.7 Å². The van der Waals surface area contributed by atoms with Gasteiger partial charge in [-0.1, -0.05) is 11.6 Å². The molecule has 0 fully saturated rings. The van der Waals surface area contributed by atoms with Crippen LogP contribution in [-0.2, 0) is 14.8 Å². The third kappa shape index (κ3) is 4.18. The van der Waals surface area contributed by atoms with Crippen LogP contribution < -0.4 is 10.0 Å². The van der Waals surface area contributed by atoms with Crippen molar-refractivity contribution in [2.24, 2.45) is 5.41 Å². The lowest BCUT2D eigenvalue weighted by atomic mass is 9.93. The zero-order valence-corrected chi connectivity index (χ0v) is 14.5. The van der Waals surface area contributed by atoms with Crippen LogP contribution in [0.5, 0.6) is 0 Å². The van der Waals surface area contributed by atoms with Crippen LogP contribution in [-0.4, -0.2) is 27.9 Å². The van der Waals surface area contributed by atoms with Gasteiger partial charge in [-0.25, -0.2) is 13.1 Å². The Bertz CT molecular complexity index is 617. The summed E-state index contributed by atoms with van der Waals surface area (Å²) in [7, 11) is -2.18. The van der Waals surface area contributed by atoms with Gasteiger partial charge in [0.25, 0.3) is 0 Å². The Labute approximate surface area is 132 Å². The normalized spacial score (nSPS) is 12.2. The van der Waals surface area contributed by atoms with Gasteiger partial charge in [-0.3, -0.25) is 4.79 Å². The molecule has 0 aliphatic carbocycles. The van der Waals surface area contributed by atoms with Gasteiger partial charge in [0.05, 0.1) is 15.3 Å². The van der Waals surface area contributed by atoms with Crippen molar-refractivity contribution in [2.75, 3.05) is 13.6 Å². The molecular weight excluding hydrogens is 368 g/mol. The van der Waals surface area contributed by atoms with Gasteiger partial charge in [0.2, 0.25) is 15.9 Å². The zero-order chi connectivity index (χ0) is 15.6. The minimum atomic E-state index is -3.69. The molecule has 5 nitrogen and oxygen atoms in total. The van der Waals surface area contributed by atoms with Gasteiger partial charge in [-0.05, 0) is 48.0 Å². The van der Waals surface area contributed by atoms with Crippen molar-refractivity contribution in [3.63, 3.8) is 0 Å². The summed E-state index contributed by atoms with van der Waals surface area (Å²) in [6, 6.07) is 4.31. The molecule has 0 saturated heterocycles. The highest BCUT2D eigenvalue weighted by Crippen LogP contribution is 2.25. The first kappa shape index (κ1) is 17.4. The van der Waals surface area contributed by atoms with Crippen LogP contribution >= 0.6 is 27.5 Å². The highest BCUT2D eigenvalue weighted by atomic mass is 79.9. The van der Waals surface area contributed by atoms with Crippen LogP contribution in [0.15, 0.2) is 27.6 Å². The second-order valence-corrected chi connectivity index (χ2v) is 7.89. The van der Waals surface area contributed by atoms with E-state index in [1.165, 1.54) is 25.2 Å². The molecule has 0 atom stereocenters. The van der Waals surface area contributed by atoms with Crippen LogP contribution in [0, 0.1) is 5.41 Å². The number of benzene rings is 1. The Hall–Kier alpha value is -0.630. The minimum absolute atomic E-state index is 0.00471. The number of carbonyl (C=O) groups excluding carboxylic acids is 1. The predicted octanol–water partition coefficient (Wildman–Crippen LogP) is 2.15. The summed E-state index contributed by atoms with van der Waals surface area (Å²) in [5.74, 6) is -0.238. The van der Waals surface area contributed by atoms with E-state index in [1.54, 1.807) is 13.8 Å². The van der Waals surface area contributed by atoms with Gasteiger partial charge in [0.15, 0.2) is 0 Å². The molecule has 0 aliphatic rings. The summed E-state index contributed by atoms with van der Waals surface area (Å²) in [5.41, 5.74) is -0.842. The molecule has 0 aromatic heterocycles. The monoisotopic (exact) mass is 382 g/mol. The third-order valence-corrected chi connectivity index (χ3v) is 5.36. The fourth-order valence-electron chi connectivity index (χ4n) is 1.42. The molecule has 20 heavy (non-hydrogen) atoms. The van der Waals surface area contributed by atoms with E-state index < -0.39 is 15.4 Å². The van der Waals surface area contributed by atoms with Crippen molar-refractivity contribution in [3.05, 3.63) is 27.7 Å². The second-order valence-electron chi connectivity index (χ2n) is 4.86. The number of hydrogen-bond donors (Lipinski definition) is 2. The lowest BCUT2D eigenvalue weighted by Crippen LogP contribution is -2.43. The zero-order valence-electron chi connectivity index (χ0n) is 11.3. The Morgan fingerprint density at radius 1 is 1.40 bits per heavy atom. The van der Waals surface area contributed by atoms with Crippen LogP contribution in [0.4, 0.5) is 0 Å². The van der Waals surface area contributed by atoms with E-state index in [2.05, 4.69) is 26.0 Å². The molecule has 0 radical (unpaired) electrons. The average molecular weight is 384 g/mol. The summed E-state index contributed by atoms with van der Waals surface area (Å²) in [6.07, 6.45) is 0. The summed E-state index contributed by atoms with van der Waals surface area (Å²) in [5, 5.41) is 2.92. The van der Waals surface area contributed by atoms with E-state index >= 15 is 0 Å². The largest absolute Gasteiger partial charge is 0.359 e. The van der Waals surface area contributed by atoms with Crippen LogP contribution in [0.3, 0.4) is 0 Å². The van der Waals surface area contributed by atoms with Gasteiger partial charge in [-0.15, -0.1) is 0 Å². The van der Waals surface area contributed by atoms with Crippen molar-refractivity contribution in [1.29, 1.82) is 0 Å². The topological polar surface area (TPSA) is 75.3 Å². The molecule has 1 aromatic rings. The molecule has 8 heteroatoms. The first-order chi connectivity index (χ1) is 9.10. The smallest absolute Gasteiger partial charge is 0.240 e. The first-order valence-electron chi connectivity index (χ1n) is 5.77. The molecule has 0 bridgehead atoms. The number of halogens is 2. The lowest BCUT2D eigenvalue weighted by molar-refractivity contribution is -0.128. The molecule has 0 unspecified atom stereocenters. The van der Waals surface area contributed by atoms with Gasteiger partial charge in [-0.2, -0.15) is 0 Å². The molecule has 1 rings (SSSR count). The van der Waals surface area contributed by atoms with Crippen LogP contribution in [0.1, 0.15) is 13.8 Å². The average Bonchev–Trinajstić information content (AvgIpc) is 2.38. The van der Waals surface area contributed by atoms with Crippen molar-refractivity contribution >= 4 is 43.5 Å². The maximum absolute atomic E-state index is 12.1. The highest BCUT2D eigenvalue weighted by molar-refractivity contribution is 9.10. The molecule has 2 N–H and O–H groups in total. The quantitative estimate of drug-likeness (QED) is 0.818. The van der Waals surface area contributed by atoms with E-state index in [1.807, 2.05) is 0 Å². The Balaban J connectivity index is 2.91. The van der Waals surface area contributed by atoms with E-state index in [4.69, 9.17) is 11.6 Å². The van der Waals surface area contributed by atoms with Gasteiger partial charge in [0.1, 0.15) is 0 Å². The summed E-state index contributed by atoms with van der Waals surface area (Å²) in [4.78, 5) is 11.7. The standard InChI is InChI=1S/C12H16BrClN2O3S/c1-12(2,11(17)15-3)7-16-20(18,19)8-4-5-10(14)9(13)6-8/h4-6,16H,7H2,1-3H3,(H,15,17). The number of carbonyl (C=O) groups is 1. The van der Waals surface area contributed by atoms with Crippen molar-refractivity contribution in [1.82, 2.24) is 10.0 Å². The van der Waals surface area contributed by atoms with E-state index in [0.717, 1.165) is 0 Å². The van der Waals surface area contributed by atoms with E-state index in [0.29, 0.717) is 9.50 Å². The van der Waals surface area contributed by atoms with Gasteiger partial charge < -0.3 is 5.32 Å². The molecule has 0 heterocycles. The van der Waals surface area contributed by atoms with Crippen LogP contribution in [0.2, 0.25) is 5.02 Å². The summed E-state index contributed by atoms with van der Waals surface area (Å²) in [6.45, 7) is 3.31. The Kier molecular flexibility index (Phi) is 5.60. The molecule has 1 aromatic carbocycles. The van der Waals surface area contributed by atoms with E-state index in [9.17, 15) is 13.2 Å². The number of hydrogen-bond acceptors (Lipinski definition) is 3. The first-order valence-corrected chi connectivity index (χ1v) is 8.42. The molecule has 112 valence electrons. The fourth-order valence-corrected chi connectivity index (χ4v) is 3.31. The third-order valence-electron chi connectivity index (χ3n) is 2.75. The van der Waals surface area contributed by atoms with Crippen LogP contribution in [0.25, 0.3) is 0 Å². The maximum atomic E-state index is 12.1. The maximum Gasteiger partial charge on any atom is 0.240 e. The second kappa shape index (κ2) is 6.43. The SMILES string of the molecule is CNC(=O)C(C)(C)CNS(=O)(=O)c1ccc(Cl)c(Br)c1. The number of rotatable bonds is 5. The fraction of sp³-hybridized carbons (Fsp3) is 0.417. The minimum Gasteiger partial charge on any atom is -0.359 e. The molecule has 1 amide bonds. The van der Waals surface area contributed by atoms with Crippen molar-refractivity contribution in [3.8, 4) is 0 Å². The van der Waals surface area contributed by atoms with Gasteiger partial charge >= 0.3 is 0 Å². The van der Waals surface area contributed by atoms with E-state index in [-0.39, 0.29) is 17.3 Å². The number of nitrogens with one attached hydrogen (secondary N) is 2. The summed E-state index contributed by atoms with van der Waals surface area (Å²) < 4.78 is 27.2. The molecule has 0 spiro atoms. The number of sulfonamides is 1. The number of amides is 1. The summed E-state index contributed by atoms with van der Waals surface area (Å²) >= 11 is 9.00. The highest BCUT2D eigenvalue weighted by Gasteiger charge is 2.29. The molecule has 0 aliphatic heterocycles. The Morgan fingerprint density at radius 3 is 2.50 bits per heavy atom.